The molecular formula is C17H15F3N2O. The number of aryl methyl sites for hydroxylation is 1. The summed E-state index contributed by atoms with van der Waals surface area (Å²) in [4.78, 5) is 3.22. The second-order valence-corrected chi connectivity index (χ2v) is 5.29. The lowest BCUT2D eigenvalue weighted by atomic mass is 10.1. The standard InChI is InChI=1S/C17H15F3N2O/c1-10-8-14-15(7-2-11(9-21)16(14)22-10)23-13-5-3-12(4-6-13)17(18,19)20/h2-8,22H,9,21H2,1H3. The van der Waals surface area contributed by atoms with Gasteiger partial charge < -0.3 is 15.5 Å². The molecule has 3 N–H and O–H groups in total. The van der Waals surface area contributed by atoms with Gasteiger partial charge in [-0.1, -0.05) is 6.07 Å². The summed E-state index contributed by atoms with van der Waals surface area (Å²) in [5, 5.41) is 0.852. The van der Waals surface area contributed by atoms with Gasteiger partial charge in [0, 0.05) is 17.6 Å². The molecule has 2 aromatic carbocycles. The van der Waals surface area contributed by atoms with E-state index in [0.29, 0.717) is 18.0 Å². The Kier molecular flexibility index (Phi) is 3.77. The van der Waals surface area contributed by atoms with E-state index >= 15 is 0 Å². The molecule has 120 valence electrons. The molecule has 0 bridgehead atoms. The molecule has 0 spiro atoms. The van der Waals surface area contributed by atoms with E-state index < -0.39 is 11.7 Å². The Balaban J connectivity index is 1.96. The number of benzene rings is 2. The highest BCUT2D eigenvalue weighted by atomic mass is 19.4. The van der Waals surface area contributed by atoms with Crippen molar-refractivity contribution in [1.29, 1.82) is 0 Å². The summed E-state index contributed by atoms with van der Waals surface area (Å²) in [5.41, 5.74) is 7.81. The van der Waals surface area contributed by atoms with E-state index in [1.54, 1.807) is 6.07 Å². The molecule has 0 atom stereocenters. The molecular weight excluding hydrogens is 305 g/mol. The van der Waals surface area contributed by atoms with Crippen molar-refractivity contribution < 1.29 is 17.9 Å². The maximum Gasteiger partial charge on any atom is 0.416 e. The summed E-state index contributed by atoms with van der Waals surface area (Å²) in [6.07, 6.45) is -4.35. The third-order valence-electron chi connectivity index (χ3n) is 3.60. The normalized spacial score (nSPS) is 11.9. The SMILES string of the molecule is Cc1cc2c(Oc3ccc(C(F)(F)F)cc3)ccc(CN)c2[nH]1. The van der Waals surface area contributed by atoms with Crippen molar-refractivity contribution in [3.05, 3.63) is 59.3 Å². The van der Waals surface area contributed by atoms with Crippen LogP contribution >= 0.6 is 0 Å². The van der Waals surface area contributed by atoms with Crippen LogP contribution in [0.25, 0.3) is 10.9 Å². The van der Waals surface area contributed by atoms with Gasteiger partial charge in [0.05, 0.1) is 11.1 Å². The van der Waals surface area contributed by atoms with Gasteiger partial charge in [-0.3, -0.25) is 0 Å². The Morgan fingerprint density at radius 1 is 1.09 bits per heavy atom. The number of hydrogen-bond acceptors (Lipinski definition) is 2. The molecule has 1 aromatic heterocycles. The summed E-state index contributed by atoms with van der Waals surface area (Å²) >= 11 is 0. The van der Waals surface area contributed by atoms with E-state index in [-0.39, 0.29) is 0 Å². The molecule has 0 fully saturated rings. The number of hydrogen-bond donors (Lipinski definition) is 2. The van der Waals surface area contributed by atoms with E-state index in [9.17, 15) is 13.2 Å². The summed E-state index contributed by atoms with van der Waals surface area (Å²) in [6, 6.07) is 10.2. The Morgan fingerprint density at radius 3 is 2.39 bits per heavy atom. The zero-order valence-corrected chi connectivity index (χ0v) is 12.4. The molecule has 3 aromatic rings. The molecule has 0 radical (unpaired) electrons. The predicted molar refractivity (Wildman–Crippen MR) is 82.4 cm³/mol. The summed E-state index contributed by atoms with van der Waals surface area (Å²) in [5.74, 6) is 0.917. The van der Waals surface area contributed by atoms with Crippen LogP contribution in [-0.2, 0) is 12.7 Å². The maximum atomic E-state index is 12.6. The van der Waals surface area contributed by atoms with Crippen LogP contribution in [-0.4, -0.2) is 4.98 Å². The first-order valence-electron chi connectivity index (χ1n) is 7.05. The van der Waals surface area contributed by atoms with Gasteiger partial charge in [0.1, 0.15) is 11.5 Å². The monoisotopic (exact) mass is 320 g/mol. The molecule has 3 rings (SSSR count). The van der Waals surface area contributed by atoms with Crippen LogP contribution in [0.15, 0.2) is 42.5 Å². The number of aromatic amines is 1. The number of rotatable bonds is 3. The molecule has 0 aliphatic heterocycles. The summed E-state index contributed by atoms with van der Waals surface area (Å²) < 4.78 is 43.5. The second kappa shape index (κ2) is 5.62. The van der Waals surface area contributed by atoms with E-state index in [1.165, 1.54) is 12.1 Å². The predicted octanol–water partition coefficient (Wildman–Crippen LogP) is 4.75. The molecule has 3 nitrogen and oxygen atoms in total. The fraction of sp³-hybridized carbons (Fsp3) is 0.176. The maximum absolute atomic E-state index is 12.6. The molecule has 0 unspecified atom stereocenters. The number of nitrogens with two attached hydrogens (primary N) is 1. The minimum Gasteiger partial charge on any atom is -0.457 e. The topological polar surface area (TPSA) is 51.0 Å². The molecule has 0 saturated heterocycles. The minimum atomic E-state index is -4.35. The van der Waals surface area contributed by atoms with Crippen molar-refractivity contribution in [2.45, 2.75) is 19.6 Å². The van der Waals surface area contributed by atoms with Gasteiger partial charge in [-0.15, -0.1) is 0 Å². The lowest BCUT2D eigenvalue weighted by Crippen LogP contribution is -2.04. The Hall–Kier alpha value is -2.47. The van der Waals surface area contributed by atoms with E-state index in [2.05, 4.69) is 4.98 Å². The quantitative estimate of drug-likeness (QED) is 0.732. The van der Waals surface area contributed by atoms with Crippen LogP contribution < -0.4 is 10.5 Å². The zero-order chi connectivity index (χ0) is 16.6. The van der Waals surface area contributed by atoms with Gasteiger partial charge in [0.15, 0.2) is 0 Å². The van der Waals surface area contributed by atoms with Gasteiger partial charge in [0.25, 0.3) is 0 Å². The average molecular weight is 320 g/mol. The van der Waals surface area contributed by atoms with E-state index in [1.807, 2.05) is 19.1 Å². The number of alkyl halides is 3. The highest BCUT2D eigenvalue weighted by molar-refractivity contribution is 5.89. The highest BCUT2D eigenvalue weighted by Gasteiger charge is 2.30. The van der Waals surface area contributed by atoms with Crippen molar-refractivity contribution in [2.24, 2.45) is 5.73 Å². The van der Waals surface area contributed by atoms with Gasteiger partial charge in [-0.2, -0.15) is 13.2 Å². The fourth-order valence-corrected chi connectivity index (χ4v) is 2.48. The Morgan fingerprint density at radius 2 is 1.78 bits per heavy atom. The molecule has 0 amide bonds. The van der Waals surface area contributed by atoms with Crippen molar-refractivity contribution >= 4 is 10.9 Å². The number of ether oxygens (including phenoxy) is 1. The number of aromatic nitrogens is 1. The van der Waals surface area contributed by atoms with Gasteiger partial charge in [-0.25, -0.2) is 0 Å². The number of nitrogens with one attached hydrogen (secondary N) is 1. The minimum absolute atomic E-state index is 0.346. The van der Waals surface area contributed by atoms with Crippen LogP contribution in [0.2, 0.25) is 0 Å². The first-order chi connectivity index (χ1) is 10.9. The van der Waals surface area contributed by atoms with Crippen LogP contribution in [0.3, 0.4) is 0 Å². The summed E-state index contributed by atoms with van der Waals surface area (Å²) in [6.45, 7) is 2.30. The van der Waals surface area contributed by atoms with Crippen molar-refractivity contribution in [3.63, 3.8) is 0 Å². The first kappa shape index (κ1) is 15.4. The van der Waals surface area contributed by atoms with Crippen molar-refractivity contribution in [3.8, 4) is 11.5 Å². The Bertz CT molecular complexity index is 835. The lowest BCUT2D eigenvalue weighted by Gasteiger charge is -2.10. The summed E-state index contributed by atoms with van der Waals surface area (Å²) in [7, 11) is 0. The third kappa shape index (κ3) is 3.03. The molecule has 0 saturated carbocycles. The zero-order valence-electron chi connectivity index (χ0n) is 12.4. The molecule has 6 heteroatoms. The van der Waals surface area contributed by atoms with Crippen LogP contribution in [0.5, 0.6) is 11.5 Å². The molecule has 1 heterocycles. The molecule has 0 aliphatic rings. The van der Waals surface area contributed by atoms with Crippen LogP contribution in [0.4, 0.5) is 13.2 Å². The van der Waals surface area contributed by atoms with E-state index in [4.69, 9.17) is 10.5 Å². The van der Waals surface area contributed by atoms with Crippen molar-refractivity contribution in [1.82, 2.24) is 4.98 Å². The van der Waals surface area contributed by atoms with Gasteiger partial charge in [0.2, 0.25) is 0 Å². The number of halogens is 3. The molecule has 23 heavy (non-hydrogen) atoms. The Labute approximate surface area is 130 Å². The first-order valence-corrected chi connectivity index (χ1v) is 7.05. The second-order valence-electron chi connectivity index (χ2n) is 5.29. The van der Waals surface area contributed by atoms with Gasteiger partial charge >= 0.3 is 6.18 Å². The molecule has 0 aliphatic carbocycles. The van der Waals surface area contributed by atoms with Crippen LogP contribution in [0, 0.1) is 6.92 Å². The highest BCUT2D eigenvalue weighted by Crippen LogP contribution is 2.34. The smallest absolute Gasteiger partial charge is 0.416 e. The number of fused-ring (bicyclic) bond motifs is 1. The van der Waals surface area contributed by atoms with Crippen molar-refractivity contribution in [2.75, 3.05) is 0 Å². The largest absolute Gasteiger partial charge is 0.457 e. The third-order valence-corrected chi connectivity index (χ3v) is 3.60. The van der Waals surface area contributed by atoms with Gasteiger partial charge in [-0.05, 0) is 48.9 Å². The fourth-order valence-electron chi connectivity index (χ4n) is 2.48. The average Bonchev–Trinajstić information content (AvgIpc) is 2.89. The van der Waals surface area contributed by atoms with E-state index in [0.717, 1.165) is 34.3 Å². The lowest BCUT2D eigenvalue weighted by molar-refractivity contribution is -0.137. The van der Waals surface area contributed by atoms with Crippen LogP contribution in [0.1, 0.15) is 16.8 Å². The number of H-pyrrole nitrogens is 1.